The van der Waals surface area contributed by atoms with Crippen LogP contribution in [-0.2, 0) is 10.0 Å². The standard InChI is InChI=1S/C12H10N2O4S/c15-12(16)11-10(7-4-8-13-11)14-19(17,18)9-5-2-1-3-6-9/h1-8,14H,(H,15,16). The molecule has 0 fully saturated rings. The van der Waals surface area contributed by atoms with E-state index < -0.39 is 16.0 Å². The predicted octanol–water partition coefficient (Wildman–Crippen LogP) is 1.58. The summed E-state index contributed by atoms with van der Waals surface area (Å²) in [5.74, 6) is -1.30. The Bertz CT molecular complexity index is 699. The number of aromatic carboxylic acids is 1. The third kappa shape index (κ3) is 2.89. The van der Waals surface area contributed by atoms with Gasteiger partial charge >= 0.3 is 5.97 Å². The first kappa shape index (κ1) is 13.0. The molecule has 0 saturated heterocycles. The molecular weight excluding hydrogens is 268 g/mol. The maximum Gasteiger partial charge on any atom is 0.356 e. The van der Waals surface area contributed by atoms with E-state index in [1.807, 2.05) is 0 Å². The second kappa shape index (κ2) is 5.07. The zero-order chi connectivity index (χ0) is 13.9. The van der Waals surface area contributed by atoms with E-state index in [4.69, 9.17) is 5.11 Å². The van der Waals surface area contributed by atoms with E-state index in [1.54, 1.807) is 18.2 Å². The van der Waals surface area contributed by atoms with Crippen LogP contribution in [0.3, 0.4) is 0 Å². The highest BCUT2D eigenvalue weighted by atomic mass is 32.2. The first-order valence-corrected chi connectivity index (χ1v) is 6.75. The van der Waals surface area contributed by atoms with Crippen molar-refractivity contribution in [2.45, 2.75) is 4.90 Å². The lowest BCUT2D eigenvalue weighted by atomic mass is 10.3. The van der Waals surface area contributed by atoms with Crippen LogP contribution in [0.2, 0.25) is 0 Å². The number of aromatic nitrogens is 1. The van der Waals surface area contributed by atoms with Gasteiger partial charge in [0, 0.05) is 6.20 Å². The number of nitrogens with zero attached hydrogens (tertiary/aromatic N) is 1. The average molecular weight is 278 g/mol. The number of anilines is 1. The van der Waals surface area contributed by atoms with Crippen molar-refractivity contribution in [2.75, 3.05) is 4.72 Å². The van der Waals surface area contributed by atoms with Gasteiger partial charge in [-0.2, -0.15) is 0 Å². The summed E-state index contributed by atoms with van der Waals surface area (Å²) in [5, 5.41) is 8.94. The number of nitrogens with one attached hydrogen (secondary N) is 1. The van der Waals surface area contributed by atoms with E-state index in [2.05, 4.69) is 9.71 Å². The number of carbonyl (C=O) groups is 1. The molecule has 0 saturated carbocycles. The van der Waals surface area contributed by atoms with E-state index in [0.717, 1.165) is 0 Å². The Labute approximate surface area is 109 Å². The van der Waals surface area contributed by atoms with Crippen molar-refractivity contribution >= 4 is 21.7 Å². The maximum atomic E-state index is 12.0. The summed E-state index contributed by atoms with van der Waals surface area (Å²) < 4.78 is 26.3. The molecule has 0 bridgehead atoms. The molecule has 2 N–H and O–H groups in total. The van der Waals surface area contributed by atoms with Crippen molar-refractivity contribution in [1.82, 2.24) is 4.98 Å². The SMILES string of the molecule is O=C(O)c1ncccc1NS(=O)(=O)c1ccccc1. The predicted molar refractivity (Wildman–Crippen MR) is 68.4 cm³/mol. The van der Waals surface area contributed by atoms with Crippen molar-refractivity contribution in [3.8, 4) is 0 Å². The average Bonchev–Trinajstić information content (AvgIpc) is 2.39. The number of carboxylic acid groups (broad SMARTS) is 1. The van der Waals surface area contributed by atoms with Gasteiger partial charge in [0.05, 0.1) is 10.6 Å². The van der Waals surface area contributed by atoms with Gasteiger partial charge in [-0.05, 0) is 24.3 Å². The van der Waals surface area contributed by atoms with Gasteiger partial charge < -0.3 is 5.11 Å². The van der Waals surface area contributed by atoms with Crippen LogP contribution in [0.5, 0.6) is 0 Å². The van der Waals surface area contributed by atoms with Crippen LogP contribution < -0.4 is 4.72 Å². The van der Waals surface area contributed by atoms with E-state index in [9.17, 15) is 13.2 Å². The fourth-order valence-corrected chi connectivity index (χ4v) is 2.55. The quantitative estimate of drug-likeness (QED) is 0.885. The normalized spacial score (nSPS) is 10.9. The van der Waals surface area contributed by atoms with E-state index in [1.165, 1.54) is 30.5 Å². The molecule has 2 rings (SSSR count). The van der Waals surface area contributed by atoms with Crippen LogP contribution in [0.15, 0.2) is 53.6 Å². The number of sulfonamides is 1. The van der Waals surface area contributed by atoms with Crippen molar-refractivity contribution in [3.05, 3.63) is 54.4 Å². The molecule has 0 radical (unpaired) electrons. The molecule has 0 aliphatic heterocycles. The number of hydrogen-bond acceptors (Lipinski definition) is 4. The Kier molecular flexibility index (Phi) is 3.48. The molecule has 7 heteroatoms. The Morgan fingerprint density at radius 3 is 2.42 bits per heavy atom. The summed E-state index contributed by atoms with van der Waals surface area (Å²) in [7, 11) is -3.82. The summed E-state index contributed by atoms with van der Waals surface area (Å²) in [6.45, 7) is 0. The minimum absolute atomic E-state index is 0.0511. The fourth-order valence-electron chi connectivity index (χ4n) is 1.46. The zero-order valence-electron chi connectivity index (χ0n) is 9.65. The van der Waals surface area contributed by atoms with Gasteiger partial charge in [-0.1, -0.05) is 18.2 Å². The Morgan fingerprint density at radius 1 is 1.11 bits per heavy atom. The van der Waals surface area contributed by atoms with Crippen LogP contribution in [-0.4, -0.2) is 24.5 Å². The smallest absolute Gasteiger partial charge is 0.356 e. The van der Waals surface area contributed by atoms with E-state index in [-0.39, 0.29) is 16.3 Å². The number of hydrogen-bond donors (Lipinski definition) is 2. The molecular formula is C12H10N2O4S. The van der Waals surface area contributed by atoms with Gasteiger partial charge in [0.25, 0.3) is 10.0 Å². The highest BCUT2D eigenvalue weighted by Gasteiger charge is 2.18. The van der Waals surface area contributed by atoms with Gasteiger partial charge in [0.2, 0.25) is 0 Å². The van der Waals surface area contributed by atoms with Crippen LogP contribution in [0.4, 0.5) is 5.69 Å². The van der Waals surface area contributed by atoms with Crippen molar-refractivity contribution in [2.24, 2.45) is 0 Å². The summed E-state index contributed by atoms with van der Waals surface area (Å²) >= 11 is 0. The molecule has 0 amide bonds. The highest BCUT2D eigenvalue weighted by Crippen LogP contribution is 2.18. The highest BCUT2D eigenvalue weighted by molar-refractivity contribution is 7.92. The molecule has 0 atom stereocenters. The number of carboxylic acids is 1. The molecule has 0 spiro atoms. The maximum absolute atomic E-state index is 12.0. The van der Waals surface area contributed by atoms with Crippen molar-refractivity contribution < 1.29 is 18.3 Å². The Hall–Kier alpha value is -2.41. The minimum atomic E-state index is -3.82. The second-order valence-corrected chi connectivity index (χ2v) is 5.31. The first-order chi connectivity index (χ1) is 9.00. The lowest BCUT2D eigenvalue weighted by Crippen LogP contribution is -2.16. The molecule has 2 aromatic rings. The fraction of sp³-hybridized carbons (Fsp3) is 0. The molecule has 0 aliphatic carbocycles. The van der Waals surface area contributed by atoms with Crippen molar-refractivity contribution in [1.29, 1.82) is 0 Å². The third-order valence-electron chi connectivity index (χ3n) is 2.31. The monoisotopic (exact) mass is 278 g/mol. The lowest BCUT2D eigenvalue weighted by Gasteiger charge is -2.09. The molecule has 0 unspecified atom stereocenters. The minimum Gasteiger partial charge on any atom is -0.476 e. The second-order valence-electron chi connectivity index (χ2n) is 3.62. The zero-order valence-corrected chi connectivity index (χ0v) is 10.5. The molecule has 98 valence electrons. The van der Waals surface area contributed by atoms with Gasteiger partial charge in [-0.15, -0.1) is 0 Å². The van der Waals surface area contributed by atoms with Gasteiger partial charge in [-0.25, -0.2) is 18.2 Å². The van der Waals surface area contributed by atoms with E-state index in [0.29, 0.717) is 0 Å². The van der Waals surface area contributed by atoms with Crippen LogP contribution in [0, 0.1) is 0 Å². The topological polar surface area (TPSA) is 96.4 Å². The Morgan fingerprint density at radius 2 is 1.79 bits per heavy atom. The van der Waals surface area contributed by atoms with Crippen LogP contribution in [0.25, 0.3) is 0 Å². The summed E-state index contributed by atoms with van der Waals surface area (Å²) in [4.78, 5) is 14.6. The van der Waals surface area contributed by atoms with Gasteiger partial charge in [0.1, 0.15) is 0 Å². The van der Waals surface area contributed by atoms with Crippen LogP contribution >= 0.6 is 0 Å². The molecule has 1 aromatic carbocycles. The van der Waals surface area contributed by atoms with Gasteiger partial charge in [0.15, 0.2) is 5.69 Å². The molecule has 19 heavy (non-hydrogen) atoms. The third-order valence-corrected chi connectivity index (χ3v) is 3.69. The summed E-state index contributed by atoms with van der Waals surface area (Å²) in [6.07, 6.45) is 1.28. The summed E-state index contributed by atoms with van der Waals surface area (Å²) in [6, 6.07) is 10.5. The number of rotatable bonds is 4. The largest absolute Gasteiger partial charge is 0.476 e. The van der Waals surface area contributed by atoms with Crippen molar-refractivity contribution in [3.63, 3.8) is 0 Å². The van der Waals surface area contributed by atoms with Gasteiger partial charge in [-0.3, -0.25) is 4.72 Å². The molecule has 1 aromatic heterocycles. The Balaban J connectivity index is 2.39. The number of benzene rings is 1. The van der Waals surface area contributed by atoms with Crippen LogP contribution in [0.1, 0.15) is 10.5 Å². The molecule has 0 aliphatic rings. The summed E-state index contributed by atoms with van der Waals surface area (Å²) in [5.41, 5.74) is -0.416. The lowest BCUT2D eigenvalue weighted by molar-refractivity contribution is 0.0692. The first-order valence-electron chi connectivity index (χ1n) is 5.27. The number of pyridine rings is 1. The molecule has 6 nitrogen and oxygen atoms in total. The van der Waals surface area contributed by atoms with E-state index >= 15 is 0 Å². The molecule has 1 heterocycles.